The predicted octanol–water partition coefficient (Wildman–Crippen LogP) is 9.39. The highest BCUT2D eigenvalue weighted by molar-refractivity contribution is 5.77. The van der Waals surface area contributed by atoms with Gasteiger partial charge in [0.25, 0.3) is 0 Å². The molecule has 58 heavy (non-hydrogen) atoms. The van der Waals surface area contributed by atoms with Crippen molar-refractivity contribution in [2.45, 2.75) is 129 Å². The van der Waals surface area contributed by atoms with E-state index in [1.807, 2.05) is 46.8 Å². The highest BCUT2D eigenvalue weighted by atomic mass is 16.5. The average Bonchev–Trinajstić information content (AvgIpc) is 3.76. The Hall–Kier alpha value is -4.02. The van der Waals surface area contributed by atoms with Crippen LogP contribution in [0.25, 0.3) is 0 Å². The number of allylic oxidation sites excluding steroid dienone is 2. The highest BCUT2D eigenvalue weighted by Crippen LogP contribution is 2.51. The van der Waals surface area contributed by atoms with Crippen LogP contribution in [-0.4, -0.2) is 89.4 Å². The van der Waals surface area contributed by atoms with Crippen LogP contribution in [0.2, 0.25) is 0 Å². The average molecular weight is 803 g/mol. The summed E-state index contributed by atoms with van der Waals surface area (Å²) >= 11 is 0. The van der Waals surface area contributed by atoms with E-state index in [0.717, 1.165) is 112 Å². The number of carbonyl (C=O) groups is 2. The monoisotopic (exact) mass is 803 g/mol. The van der Waals surface area contributed by atoms with E-state index in [1.54, 1.807) is 28.4 Å². The molecule has 0 saturated carbocycles. The zero-order chi connectivity index (χ0) is 42.5. The van der Waals surface area contributed by atoms with Gasteiger partial charge in [0.15, 0.2) is 23.0 Å². The van der Waals surface area contributed by atoms with Gasteiger partial charge in [0.1, 0.15) is 11.5 Å². The van der Waals surface area contributed by atoms with E-state index < -0.39 is 10.8 Å². The van der Waals surface area contributed by atoms with Crippen molar-refractivity contribution in [3.8, 4) is 23.0 Å². The smallest absolute Gasteiger partial charge is 0.316 e. The van der Waals surface area contributed by atoms with E-state index in [0.29, 0.717) is 0 Å². The Morgan fingerprint density at radius 3 is 1.43 bits per heavy atom. The minimum atomic E-state index is -0.449. The third-order valence-electron chi connectivity index (χ3n) is 14.1. The molecular weight excluding hydrogens is 733 g/mol. The van der Waals surface area contributed by atoms with Crippen molar-refractivity contribution in [1.29, 1.82) is 0 Å². The second-order valence-electron chi connectivity index (χ2n) is 17.7. The number of rotatable bonds is 14. The number of hydrogen-bond donors (Lipinski definition) is 0. The molecule has 2 fully saturated rings. The first-order chi connectivity index (χ1) is 27.6. The molecule has 320 valence electrons. The molecule has 2 aliphatic heterocycles. The molecular formula is C48H70N2O8. The van der Waals surface area contributed by atoms with Crippen LogP contribution >= 0.6 is 0 Å². The van der Waals surface area contributed by atoms with Crippen LogP contribution in [-0.2, 0) is 29.9 Å². The second kappa shape index (κ2) is 18.5. The Morgan fingerprint density at radius 2 is 1.05 bits per heavy atom. The summed E-state index contributed by atoms with van der Waals surface area (Å²) in [6.07, 6.45) is 13.3. The van der Waals surface area contributed by atoms with Gasteiger partial charge in [0.05, 0.1) is 39.3 Å². The second-order valence-corrected chi connectivity index (χ2v) is 17.7. The van der Waals surface area contributed by atoms with Gasteiger partial charge in [0.2, 0.25) is 0 Å². The van der Waals surface area contributed by atoms with Crippen molar-refractivity contribution in [2.24, 2.45) is 10.8 Å². The van der Waals surface area contributed by atoms with Gasteiger partial charge in [-0.05, 0) is 140 Å². The minimum absolute atomic E-state index is 0.00300. The van der Waals surface area contributed by atoms with Gasteiger partial charge in [-0.1, -0.05) is 39.3 Å². The van der Waals surface area contributed by atoms with Crippen molar-refractivity contribution in [1.82, 2.24) is 9.80 Å². The summed E-state index contributed by atoms with van der Waals surface area (Å²) < 4.78 is 33.7. The standard InChI is InChI=1S/2C24H35NO4/c1-7-11-23(2,3)22(26)29-18-10-12-24(13-14-25(4)21(24)16-18)17-8-9-19(27-5)20(15-17)28-6;1-7-23(3,8-2)22(26)29-18-11-12-24(13-14-25(4)21(24)16-18)17-9-10-19(27-5)20(15-17)28-6/h8-9,15-16,21H,7,10-14H2,1-6H3;9-10,15-16,21H,7-8,11-14H2,1-6H3. The van der Waals surface area contributed by atoms with Gasteiger partial charge in [-0.25, -0.2) is 0 Å². The van der Waals surface area contributed by atoms with Crippen LogP contribution in [0.15, 0.2) is 60.1 Å². The summed E-state index contributed by atoms with van der Waals surface area (Å²) in [5.41, 5.74) is 1.66. The molecule has 0 spiro atoms. The fourth-order valence-electron chi connectivity index (χ4n) is 9.65. The highest BCUT2D eigenvalue weighted by Gasteiger charge is 2.50. The molecule has 6 rings (SSSR count). The lowest BCUT2D eigenvalue weighted by molar-refractivity contribution is -0.151. The zero-order valence-electron chi connectivity index (χ0n) is 37.4. The summed E-state index contributed by atoms with van der Waals surface area (Å²) in [6.45, 7) is 14.2. The lowest BCUT2D eigenvalue weighted by Crippen LogP contribution is -2.43. The van der Waals surface area contributed by atoms with E-state index in [4.69, 9.17) is 28.4 Å². The van der Waals surface area contributed by atoms with E-state index in [2.05, 4.69) is 67.2 Å². The Morgan fingerprint density at radius 1 is 0.638 bits per heavy atom. The van der Waals surface area contributed by atoms with Crippen molar-refractivity contribution in [3.63, 3.8) is 0 Å². The molecule has 4 aliphatic rings. The first-order valence-electron chi connectivity index (χ1n) is 21.3. The van der Waals surface area contributed by atoms with E-state index in [9.17, 15) is 9.59 Å². The lowest BCUT2D eigenvalue weighted by Gasteiger charge is -2.40. The number of ether oxygens (including phenoxy) is 6. The normalized spacial score (nSPS) is 24.6. The summed E-state index contributed by atoms with van der Waals surface area (Å²) in [5.74, 6) is 4.42. The van der Waals surface area contributed by atoms with Gasteiger partial charge in [0, 0.05) is 35.8 Å². The van der Waals surface area contributed by atoms with Gasteiger partial charge in [-0.2, -0.15) is 0 Å². The predicted molar refractivity (Wildman–Crippen MR) is 229 cm³/mol. The number of likely N-dealkylation sites (N-methyl/N-ethyl adjacent to an activating group) is 2. The maximum Gasteiger partial charge on any atom is 0.316 e. The molecule has 0 aromatic heterocycles. The largest absolute Gasteiger partial charge is 0.493 e. The summed E-state index contributed by atoms with van der Waals surface area (Å²) in [7, 11) is 11.0. The molecule has 0 bridgehead atoms. The molecule has 4 atom stereocenters. The number of hydrogen-bond acceptors (Lipinski definition) is 10. The topological polar surface area (TPSA) is 96.0 Å². The Kier molecular flexibility index (Phi) is 14.4. The van der Waals surface area contributed by atoms with Crippen LogP contribution in [0.3, 0.4) is 0 Å². The van der Waals surface area contributed by atoms with Crippen LogP contribution in [0.1, 0.15) is 117 Å². The van der Waals surface area contributed by atoms with Crippen molar-refractivity contribution >= 4 is 11.9 Å². The Labute approximate surface area is 348 Å². The number of benzene rings is 2. The summed E-state index contributed by atoms with van der Waals surface area (Å²) in [4.78, 5) is 30.2. The molecule has 2 aromatic rings. The first-order valence-corrected chi connectivity index (χ1v) is 21.3. The number of fused-ring (bicyclic) bond motifs is 2. The fraction of sp³-hybridized carbons (Fsp3) is 0.625. The van der Waals surface area contributed by atoms with Gasteiger partial charge >= 0.3 is 11.9 Å². The molecule has 2 saturated heterocycles. The van der Waals surface area contributed by atoms with Crippen molar-refractivity contribution in [2.75, 3.05) is 55.6 Å². The fourth-order valence-corrected chi connectivity index (χ4v) is 9.65. The summed E-state index contributed by atoms with van der Waals surface area (Å²) in [5, 5.41) is 0. The zero-order valence-corrected chi connectivity index (χ0v) is 37.4. The van der Waals surface area contributed by atoms with Gasteiger partial charge in [-0.3, -0.25) is 19.4 Å². The van der Waals surface area contributed by atoms with Gasteiger partial charge < -0.3 is 28.4 Å². The molecule has 10 heteroatoms. The molecule has 0 amide bonds. The maximum absolute atomic E-state index is 12.8. The number of methoxy groups -OCH3 is 4. The van der Waals surface area contributed by atoms with E-state index in [-0.39, 0.29) is 34.9 Å². The minimum Gasteiger partial charge on any atom is -0.493 e. The van der Waals surface area contributed by atoms with Crippen LogP contribution in [0.5, 0.6) is 23.0 Å². The van der Waals surface area contributed by atoms with Crippen LogP contribution < -0.4 is 18.9 Å². The lowest BCUT2D eigenvalue weighted by atomic mass is 9.68. The molecule has 10 nitrogen and oxygen atoms in total. The number of esters is 2. The Bertz CT molecular complexity index is 1830. The number of carbonyl (C=O) groups excluding carboxylic acids is 2. The molecule has 2 heterocycles. The SMILES string of the molecule is CCC(C)(CC)C(=O)OC1=CC2N(C)CCC2(c2ccc(OC)c(OC)c2)CC1.CCCC(C)(C)C(=O)OC1=CC2N(C)CCC2(c2ccc(OC)c(OC)c2)CC1. The molecule has 0 N–H and O–H groups in total. The van der Waals surface area contributed by atoms with E-state index >= 15 is 0 Å². The van der Waals surface area contributed by atoms with Crippen LogP contribution in [0.4, 0.5) is 0 Å². The molecule has 2 aliphatic carbocycles. The third kappa shape index (κ3) is 8.79. The van der Waals surface area contributed by atoms with Crippen LogP contribution in [0, 0.1) is 10.8 Å². The molecule has 0 radical (unpaired) electrons. The van der Waals surface area contributed by atoms with Gasteiger partial charge in [-0.15, -0.1) is 0 Å². The van der Waals surface area contributed by atoms with Crippen molar-refractivity contribution < 1.29 is 38.0 Å². The number of likely N-dealkylation sites (tertiary alicyclic amines) is 2. The Balaban J connectivity index is 0.000000221. The van der Waals surface area contributed by atoms with E-state index in [1.165, 1.54) is 11.1 Å². The first kappa shape index (κ1) is 45.1. The molecule has 4 unspecified atom stereocenters. The maximum atomic E-state index is 12.8. The number of nitrogens with zero attached hydrogens (tertiary/aromatic N) is 2. The quantitative estimate of drug-likeness (QED) is 0.172. The van der Waals surface area contributed by atoms with Crippen molar-refractivity contribution in [3.05, 3.63) is 71.2 Å². The third-order valence-corrected chi connectivity index (χ3v) is 14.1. The summed E-state index contributed by atoms with van der Waals surface area (Å²) in [6, 6.07) is 12.9. The molecule has 2 aromatic carbocycles.